The second-order valence-corrected chi connectivity index (χ2v) is 17.6. The molecule has 4 saturated carbocycles. The van der Waals surface area contributed by atoms with Gasteiger partial charge in [-0.1, -0.05) is 155 Å². The van der Waals surface area contributed by atoms with Crippen LogP contribution in [-0.2, 0) is 0 Å². The average Bonchev–Trinajstić information content (AvgIpc) is 3.10. The highest BCUT2D eigenvalue weighted by Crippen LogP contribution is 2.59. The SMILES string of the molecule is CCC=CCC=CCC=CCC=CCC=CCCCCCCCC(CC)C(CCC1C(=C2CCC2)C2CCC2C(C2=CCCCC2)C1O)C1CCC1. The summed E-state index contributed by atoms with van der Waals surface area (Å²) in [5.74, 6) is 5.22. The van der Waals surface area contributed by atoms with E-state index < -0.39 is 0 Å². The van der Waals surface area contributed by atoms with Crippen LogP contribution in [0.15, 0.2) is 83.6 Å². The minimum atomic E-state index is -0.120. The number of hydrogen-bond acceptors (Lipinski definition) is 1. The van der Waals surface area contributed by atoms with E-state index in [-0.39, 0.29) is 6.10 Å². The molecule has 5 aliphatic rings. The minimum Gasteiger partial charge on any atom is -0.392 e. The summed E-state index contributed by atoms with van der Waals surface area (Å²) in [6.07, 6.45) is 60.7. The molecular weight excluding hydrogens is 629 g/mol. The number of hydrogen-bond donors (Lipinski definition) is 1. The smallest absolute Gasteiger partial charge is 0.0673 e. The van der Waals surface area contributed by atoms with Crippen molar-refractivity contribution >= 4 is 0 Å². The van der Waals surface area contributed by atoms with Gasteiger partial charge in [0.1, 0.15) is 0 Å². The third-order valence-corrected chi connectivity index (χ3v) is 14.3. The van der Waals surface area contributed by atoms with Crippen LogP contribution < -0.4 is 0 Å². The summed E-state index contributed by atoms with van der Waals surface area (Å²) in [7, 11) is 0. The largest absolute Gasteiger partial charge is 0.392 e. The van der Waals surface area contributed by atoms with E-state index in [0.29, 0.717) is 11.8 Å². The Labute approximate surface area is 322 Å². The topological polar surface area (TPSA) is 20.2 Å². The molecule has 0 saturated heterocycles. The number of rotatable bonds is 24. The average molecular weight is 709 g/mol. The van der Waals surface area contributed by atoms with Gasteiger partial charge in [0.15, 0.2) is 0 Å². The molecule has 5 rings (SSSR count). The van der Waals surface area contributed by atoms with Gasteiger partial charge in [-0.05, 0) is 145 Å². The van der Waals surface area contributed by atoms with E-state index in [1.54, 1.807) is 11.1 Å². The zero-order valence-corrected chi connectivity index (χ0v) is 34.0. The molecule has 0 aromatic heterocycles. The third-order valence-electron chi connectivity index (χ3n) is 14.3. The first-order valence-electron chi connectivity index (χ1n) is 23.1. The molecule has 0 radical (unpaired) electrons. The normalized spacial score (nSPS) is 28.1. The van der Waals surface area contributed by atoms with Gasteiger partial charge in [0.25, 0.3) is 0 Å². The Balaban J connectivity index is 0.990. The highest BCUT2D eigenvalue weighted by Gasteiger charge is 2.52. The van der Waals surface area contributed by atoms with Gasteiger partial charge in [0, 0.05) is 11.8 Å². The van der Waals surface area contributed by atoms with E-state index in [1.807, 2.05) is 5.57 Å². The lowest BCUT2D eigenvalue weighted by Crippen LogP contribution is -2.51. The summed E-state index contributed by atoms with van der Waals surface area (Å²) < 4.78 is 0. The lowest BCUT2D eigenvalue weighted by atomic mass is 9.50. The van der Waals surface area contributed by atoms with Gasteiger partial charge >= 0.3 is 0 Å². The molecule has 4 fully saturated rings. The van der Waals surface area contributed by atoms with Gasteiger partial charge in [0.05, 0.1) is 6.10 Å². The molecule has 1 N–H and O–H groups in total. The Morgan fingerprint density at radius 3 is 1.90 bits per heavy atom. The Hall–Kier alpha value is -1.86. The van der Waals surface area contributed by atoms with Crippen molar-refractivity contribution in [3.63, 3.8) is 0 Å². The molecule has 0 heterocycles. The number of unbranched alkanes of at least 4 members (excludes halogenated alkanes) is 5. The molecule has 290 valence electrons. The van der Waals surface area contributed by atoms with Crippen LogP contribution in [0.4, 0.5) is 0 Å². The molecule has 0 amide bonds. The predicted molar refractivity (Wildman–Crippen MR) is 227 cm³/mol. The summed E-state index contributed by atoms with van der Waals surface area (Å²) in [4.78, 5) is 0. The first-order valence-corrected chi connectivity index (χ1v) is 23.1. The number of aliphatic hydroxyl groups excluding tert-OH is 1. The quantitative estimate of drug-likeness (QED) is 0.0782. The molecule has 0 aliphatic heterocycles. The maximum absolute atomic E-state index is 12.3. The zero-order chi connectivity index (χ0) is 36.2. The van der Waals surface area contributed by atoms with Crippen LogP contribution in [0.1, 0.15) is 187 Å². The van der Waals surface area contributed by atoms with Gasteiger partial charge in [-0.15, -0.1) is 0 Å². The molecule has 7 atom stereocenters. The molecule has 0 aromatic rings. The molecule has 52 heavy (non-hydrogen) atoms. The van der Waals surface area contributed by atoms with E-state index in [0.717, 1.165) is 61.7 Å². The molecule has 1 nitrogen and oxygen atoms in total. The van der Waals surface area contributed by atoms with Crippen molar-refractivity contribution in [1.82, 2.24) is 0 Å². The summed E-state index contributed by atoms with van der Waals surface area (Å²) in [5, 5.41) is 12.3. The second-order valence-electron chi connectivity index (χ2n) is 17.6. The van der Waals surface area contributed by atoms with E-state index >= 15 is 0 Å². The standard InChI is InChI=1S/C51H80O/c1-3-5-6-7-8-9-10-11-12-13-14-15-16-17-18-19-20-21-22-23-25-30-41(4-2)45(42-33-28-34-42)37-40-48-49(43-35-29-36-43)46-38-39-47(46)50(51(48)52)44-31-26-24-27-32-44/h5-6,8-9,11-12,14-15,17-18,31,41-42,45-48,50-52H,3-4,7,10,13,16,19-30,32-40H2,1-2H3. The lowest BCUT2D eigenvalue weighted by molar-refractivity contribution is -0.0388. The molecular formula is C51H80O. The molecule has 7 unspecified atom stereocenters. The summed E-state index contributed by atoms with van der Waals surface area (Å²) in [5.41, 5.74) is 5.27. The van der Waals surface area contributed by atoms with Crippen LogP contribution >= 0.6 is 0 Å². The Morgan fingerprint density at radius 1 is 0.673 bits per heavy atom. The van der Waals surface area contributed by atoms with Crippen LogP contribution in [0.2, 0.25) is 0 Å². The third kappa shape index (κ3) is 12.3. The Kier molecular flexibility index (Phi) is 18.9. The fourth-order valence-electron chi connectivity index (χ4n) is 10.8. The Bertz CT molecular complexity index is 1210. The number of allylic oxidation sites excluding steroid dienone is 12. The van der Waals surface area contributed by atoms with Crippen molar-refractivity contribution in [1.29, 1.82) is 0 Å². The molecule has 0 spiro atoms. The van der Waals surface area contributed by atoms with E-state index in [1.165, 1.54) is 141 Å². The fraction of sp³-hybridized carbons (Fsp3) is 0.725. The molecule has 0 bridgehead atoms. The van der Waals surface area contributed by atoms with Gasteiger partial charge in [-0.3, -0.25) is 0 Å². The van der Waals surface area contributed by atoms with Crippen LogP contribution in [0.25, 0.3) is 0 Å². The van der Waals surface area contributed by atoms with Crippen molar-refractivity contribution in [3.05, 3.63) is 83.6 Å². The van der Waals surface area contributed by atoms with E-state index in [2.05, 4.69) is 80.7 Å². The second kappa shape index (κ2) is 23.8. The zero-order valence-electron chi connectivity index (χ0n) is 34.0. The van der Waals surface area contributed by atoms with Crippen molar-refractivity contribution in [2.24, 2.45) is 41.4 Å². The van der Waals surface area contributed by atoms with Gasteiger partial charge in [-0.25, -0.2) is 0 Å². The van der Waals surface area contributed by atoms with Crippen molar-refractivity contribution in [2.45, 2.75) is 193 Å². The maximum atomic E-state index is 12.3. The molecule has 0 aromatic carbocycles. The first kappa shape index (κ1) is 41.3. The van der Waals surface area contributed by atoms with Crippen molar-refractivity contribution in [3.8, 4) is 0 Å². The van der Waals surface area contributed by atoms with E-state index in [9.17, 15) is 5.11 Å². The van der Waals surface area contributed by atoms with Crippen molar-refractivity contribution in [2.75, 3.05) is 0 Å². The van der Waals surface area contributed by atoms with Crippen LogP contribution in [0.3, 0.4) is 0 Å². The predicted octanol–water partition coefficient (Wildman–Crippen LogP) is 15.3. The number of aliphatic hydroxyl groups is 1. The van der Waals surface area contributed by atoms with Gasteiger partial charge in [0.2, 0.25) is 0 Å². The molecule has 1 heteroatoms. The Morgan fingerprint density at radius 2 is 1.35 bits per heavy atom. The molecule has 5 aliphatic carbocycles. The summed E-state index contributed by atoms with van der Waals surface area (Å²) >= 11 is 0. The van der Waals surface area contributed by atoms with Gasteiger partial charge in [-0.2, -0.15) is 0 Å². The van der Waals surface area contributed by atoms with E-state index in [4.69, 9.17) is 0 Å². The summed E-state index contributed by atoms with van der Waals surface area (Å²) in [6.45, 7) is 4.67. The van der Waals surface area contributed by atoms with Gasteiger partial charge < -0.3 is 5.11 Å². The minimum absolute atomic E-state index is 0.120. The monoisotopic (exact) mass is 709 g/mol. The van der Waals surface area contributed by atoms with Crippen LogP contribution in [0.5, 0.6) is 0 Å². The highest BCUT2D eigenvalue weighted by molar-refractivity contribution is 5.33. The highest BCUT2D eigenvalue weighted by atomic mass is 16.3. The number of fused-ring (bicyclic) bond motifs is 1. The first-order chi connectivity index (χ1) is 25.7. The lowest BCUT2D eigenvalue weighted by Gasteiger charge is -2.56. The van der Waals surface area contributed by atoms with Crippen LogP contribution in [-0.4, -0.2) is 11.2 Å². The van der Waals surface area contributed by atoms with Crippen LogP contribution in [0, 0.1) is 41.4 Å². The maximum Gasteiger partial charge on any atom is 0.0673 e. The fourth-order valence-corrected chi connectivity index (χ4v) is 10.8. The summed E-state index contributed by atoms with van der Waals surface area (Å²) in [6, 6.07) is 0. The van der Waals surface area contributed by atoms with Crippen molar-refractivity contribution < 1.29 is 5.11 Å².